The van der Waals surface area contributed by atoms with Gasteiger partial charge in [0.15, 0.2) is 0 Å². The molecule has 0 aromatic carbocycles. The lowest BCUT2D eigenvalue weighted by Gasteiger charge is -1.98. The van der Waals surface area contributed by atoms with Crippen LogP contribution in [0.2, 0.25) is 0 Å². The molecule has 0 aromatic heterocycles. The van der Waals surface area contributed by atoms with Crippen molar-refractivity contribution in [1.29, 1.82) is 0 Å². The summed E-state index contributed by atoms with van der Waals surface area (Å²) in [4.78, 5) is 10.3. The van der Waals surface area contributed by atoms with Crippen LogP contribution in [0.1, 0.15) is 33.6 Å². The summed E-state index contributed by atoms with van der Waals surface area (Å²) in [5, 5.41) is 0. The van der Waals surface area contributed by atoms with Gasteiger partial charge in [-0.15, -0.1) is 0 Å². The van der Waals surface area contributed by atoms with E-state index >= 15 is 0 Å². The van der Waals surface area contributed by atoms with Crippen LogP contribution in [0.4, 0.5) is 0 Å². The average molecular weight is 156 g/mol. The number of carbonyl (C=O) groups is 1. The van der Waals surface area contributed by atoms with Gasteiger partial charge < -0.3 is 4.74 Å². The Balaban J connectivity index is 3.33. The van der Waals surface area contributed by atoms with E-state index in [0.717, 1.165) is 12.8 Å². The summed E-state index contributed by atoms with van der Waals surface area (Å²) in [5.74, 6) is -0.201. The van der Waals surface area contributed by atoms with Crippen LogP contribution in [0.5, 0.6) is 0 Å². The number of allylic oxidation sites excluding steroid dienone is 1. The lowest BCUT2D eigenvalue weighted by molar-refractivity contribution is -0.140. The number of carbonyl (C=O) groups excluding carboxylic acids is 1. The minimum atomic E-state index is -0.201. The van der Waals surface area contributed by atoms with Crippen molar-refractivity contribution in [3.63, 3.8) is 0 Å². The zero-order valence-corrected chi connectivity index (χ0v) is 7.52. The summed E-state index contributed by atoms with van der Waals surface area (Å²) < 4.78 is 4.75. The van der Waals surface area contributed by atoms with E-state index < -0.39 is 0 Å². The largest absolute Gasteiger partial charge is 0.466 e. The van der Waals surface area contributed by atoms with Crippen LogP contribution in [0, 0.1) is 0 Å². The fourth-order valence-corrected chi connectivity index (χ4v) is 0.652. The van der Waals surface area contributed by atoms with Crippen molar-refractivity contribution in [2.75, 3.05) is 6.61 Å². The van der Waals surface area contributed by atoms with E-state index in [-0.39, 0.29) is 5.97 Å². The van der Waals surface area contributed by atoms with Gasteiger partial charge in [-0.2, -0.15) is 0 Å². The Morgan fingerprint density at radius 3 is 2.55 bits per heavy atom. The van der Waals surface area contributed by atoms with E-state index in [1.165, 1.54) is 12.5 Å². The Morgan fingerprint density at radius 1 is 1.45 bits per heavy atom. The molecule has 0 amide bonds. The second-order valence-corrected chi connectivity index (χ2v) is 2.53. The molecule has 0 saturated carbocycles. The Labute approximate surface area is 68.2 Å². The van der Waals surface area contributed by atoms with Gasteiger partial charge in [-0.3, -0.25) is 4.79 Å². The number of hydrogen-bond donors (Lipinski definition) is 0. The highest BCUT2D eigenvalue weighted by atomic mass is 16.5. The van der Waals surface area contributed by atoms with Crippen LogP contribution in [-0.2, 0) is 9.53 Å². The van der Waals surface area contributed by atoms with Gasteiger partial charge in [0.2, 0.25) is 0 Å². The molecular weight excluding hydrogens is 140 g/mol. The van der Waals surface area contributed by atoms with Crippen molar-refractivity contribution in [2.24, 2.45) is 0 Å². The molecule has 0 heterocycles. The molecule has 11 heavy (non-hydrogen) atoms. The first kappa shape index (κ1) is 10.2. The SMILES string of the molecule is CC/C(C)=C\CCOC(C)=O. The lowest BCUT2D eigenvalue weighted by Crippen LogP contribution is -1.99. The predicted octanol–water partition coefficient (Wildman–Crippen LogP) is 2.30. The van der Waals surface area contributed by atoms with Crippen LogP contribution >= 0.6 is 0 Å². The number of rotatable bonds is 4. The first-order valence-corrected chi connectivity index (χ1v) is 3.95. The summed E-state index contributed by atoms with van der Waals surface area (Å²) in [6, 6.07) is 0. The molecule has 2 nitrogen and oxygen atoms in total. The molecule has 0 rings (SSSR count). The summed E-state index contributed by atoms with van der Waals surface area (Å²) in [6.07, 6.45) is 4.00. The fourth-order valence-electron chi connectivity index (χ4n) is 0.652. The second kappa shape index (κ2) is 5.96. The topological polar surface area (TPSA) is 26.3 Å². The van der Waals surface area contributed by atoms with E-state index in [2.05, 4.69) is 19.9 Å². The van der Waals surface area contributed by atoms with E-state index in [9.17, 15) is 4.79 Å². The first-order chi connectivity index (χ1) is 5.16. The third kappa shape index (κ3) is 7.10. The monoisotopic (exact) mass is 156 g/mol. The fraction of sp³-hybridized carbons (Fsp3) is 0.667. The highest BCUT2D eigenvalue weighted by molar-refractivity contribution is 5.65. The summed E-state index contributed by atoms with van der Waals surface area (Å²) in [7, 11) is 0. The molecule has 0 spiro atoms. The zero-order valence-electron chi connectivity index (χ0n) is 7.52. The normalized spacial score (nSPS) is 11.4. The molecule has 2 heteroatoms. The minimum Gasteiger partial charge on any atom is -0.466 e. The van der Waals surface area contributed by atoms with Gasteiger partial charge in [-0.1, -0.05) is 18.6 Å². The summed E-state index contributed by atoms with van der Waals surface area (Å²) >= 11 is 0. The summed E-state index contributed by atoms with van der Waals surface area (Å²) in [6.45, 7) is 6.12. The maximum Gasteiger partial charge on any atom is 0.302 e. The lowest BCUT2D eigenvalue weighted by atomic mass is 10.2. The average Bonchev–Trinajstić information content (AvgIpc) is 1.97. The molecule has 0 bridgehead atoms. The van der Waals surface area contributed by atoms with Crippen LogP contribution in [0.25, 0.3) is 0 Å². The van der Waals surface area contributed by atoms with Crippen molar-refractivity contribution in [2.45, 2.75) is 33.6 Å². The van der Waals surface area contributed by atoms with Crippen molar-refractivity contribution in [3.8, 4) is 0 Å². The first-order valence-electron chi connectivity index (χ1n) is 3.95. The van der Waals surface area contributed by atoms with E-state index in [1.807, 2.05) is 0 Å². The molecule has 0 radical (unpaired) electrons. The zero-order chi connectivity index (χ0) is 8.69. The van der Waals surface area contributed by atoms with Crippen LogP contribution < -0.4 is 0 Å². The molecule has 0 aliphatic heterocycles. The van der Waals surface area contributed by atoms with Crippen LogP contribution in [0.3, 0.4) is 0 Å². The van der Waals surface area contributed by atoms with Crippen LogP contribution in [0.15, 0.2) is 11.6 Å². The molecular formula is C9H16O2. The second-order valence-electron chi connectivity index (χ2n) is 2.53. The molecule has 0 unspecified atom stereocenters. The van der Waals surface area contributed by atoms with Gasteiger partial charge in [0, 0.05) is 6.92 Å². The molecule has 0 N–H and O–H groups in total. The Hall–Kier alpha value is -0.790. The number of ether oxygens (including phenoxy) is 1. The van der Waals surface area contributed by atoms with Gasteiger partial charge in [0.05, 0.1) is 6.61 Å². The number of hydrogen-bond acceptors (Lipinski definition) is 2. The van der Waals surface area contributed by atoms with Crippen molar-refractivity contribution >= 4 is 5.97 Å². The number of esters is 1. The summed E-state index contributed by atoms with van der Waals surface area (Å²) in [5.41, 5.74) is 1.34. The van der Waals surface area contributed by atoms with Crippen molar-refractivity contribution < 1.29 is 9.53 Å². The van der Waals surface area contributed by atoms with Crippen molar-refractivity contribution in [1.82, 2.24) is 0 Å². The molecule has 0 fully saturated rings. The van der Waals surface area contributed by atoms with Crippen molar-refractivity contribution in [3.05, 3.63) is 11.6 Å². The third-order valence-corrected chi connectivity index (χ3v) is 1.47. The van der Waals surface area contributed by atoms with E-state index in [0.29, 0.717) is 6.61 Å². The molecule has 64 valence electrons. The molecule has 0 aliphatic carbocycles. The highest BCUT2D eigenvalue weighted by Crippen LogP contribution is 1.99. The molecule has 0 aliphatic rings. The van der Waals surface area contributed by atoms with Gasteiger partial charge in [-0.05, 0) is 19.8 Å². The van der Waals surface area contributed by atoms with Gasteiger partial charge in [-0.25, -0.2) is 0 Å². The third-order valence-electron chi connectivity index (χ3n) is 1.47. The maximum absolute atomic E-state index is 10.3. The Morgan fingerprint density at radius 2 is 2.09 bits per heavy atom. The standard InChI is InChI=1S/C9H16O2/c1-4-8(2)6-5-7-11-9(3)10/h6H,4-5,7H2,1-3H3/b8-6-. The Bertz CT molecular complexity index is 148. The Kier molecular flexibility index (Phi) is 5.53. The smallest absolute Gasteiger partial charge is 0.302 e. The van der Waals surface area contributed by atoms with Gasteiger partial charge in [0.25, 0.3) is 0 Å². The van der Waals surface area contributed by atoms with Gasteiger partial charge >= 0.3 is 5.97 Å². The van der Waals surface area contributed by atoms with Crippen LogP contribution in [-0.4, -0.2) is 12.6 Å². The molecule has 0 atom stereocenters. The van der Waals surface area contributed by atoms with E-state index in [1.54, 1.807) is 0 Å². The predicted molar refractivity (Wildman–Crippen MR) is 45.3 cm³/mol. The van der Waals surface area contributed by atoms with Gasteiger partial charge in [0.1, 0.15) is 0 Å². The molecule has 0 aromatic rings. The quantitative estimate of drug-likeness (QED) is 0.354. The molecule has 0 saturated heterocycles. The maximum atomic E-state index is 10.3. The minimum absolute atomic E-state index is 0.201. The highest BCUT2D eigenvalue weighted by Gasteiger charge is 1.89. The van der Waals surface area contributed by atoms with E-state index in [4.69, 9.17) is 4.74 Å².